The minimum atomic E-state index is -0.00417. The van der Waals surface area contributed by atoms with E-state index in [1.54, 1.807) is 0 Å². The van der Waals surface area contributed by atoms with Crippen molar-refractivity contribution in [3.63, 3.8) is 0 Å². The number of hydrogen-bond donors (Lipinski definition) is 1. The van der Waals surface area contributed by atoms with E-state index in [0.717, 1.165) is 0 Å². The quantitative estimate of drug-likeness (QED) is 0.475. The molecule has 2 heterocycles. The van der Waals surface area contributed by atoms with Crippen LogP contribution < -0.4 is 10.8 Å². The van der Waals surface area contributed by atoms with Gasteiger partial charge in [-0.3, -0.25) is 5.41 Å². The van der Waals surface area contributed by atoms with Gasteiger partial charge in [-0.15, -0.1) is 0 Å². The molecule has 2 rings (SSSR count). The Hall–Kier alpha value is -1.65. The summed E-state index contributed by atoms with van der Waals surface area (Å²) in [6.07, 6.45) is 2.92. The van der Waals surface area contributed by atoms with Crippen LogP contribution in [0.15, 0.2) is 22.5 Å². The van der Waals surface area contributed by atoms with Crippen LogP contribution in [0.4, 0.5) is 0 Å². The maximum atomic E-state index is 7.03. The SMILES string of the molecule is N=C1N=c2cncnc2=N1. The Bertz CT molecular complexity index is 356. The zero-order chi connectivity index (χ0) is 6.97. The standard InChI is InChI=1S/C5H3N5/c6-5-9-3-1-7-2-8-4(3)10-5/h1-2,6H. The Labute approximate surface area is 55.7 Å². The van der Waals surface area contributed by atoms with Crippen LogP contribution in [0, 0.1) is 5.41 Å². The van der Waals surface area contributed by atoms with Crippen molar-refractivity contribution in [1.29, 1.82) is 5.41 Å². The maximum Gasteiger partial charge on any atom is 0.244 e. The lowest BCUT2D eigenvalue weighted by Crippen LogP contribution is -2.25. The van der Waals surface area contributed by atoms with Gasteiger partial charge in [-0.2, -0.15) is 4.99 Å². The molecule has 0 radical (unpaired) electrons. The van der Waals surface area contributed by atoms with Crippen LogP contribution in [0.3, 0.4) is 0 Å². The molecule has 0 atom stereocenters. The number of rotatable bonds is 0. The van der Waals surface area contributed by atoms with Crippen molar-refractivity contribution in [2.24, 2.45) is 9.98 Å². The van der Waals surface area contributed by atoms with Gasteiger partial charge in [-0.25, -0.2) is 15.0 Å². The van der Waals surface area contributed by atoms with Gasteiger partial charge >= 0.3 is 0 Å². The van der Waals surface area contributed by atoms with Crippen LogP contribution >= 0.6 is 0 Å². The third kappa shape index (κ3) is 0.604. The molecule has 10 heavy (non-hydrogen) atoms. The van der Waals surface area contributed by atoms with Crippen LogP contribution in [-0.4, -0.2) is 15.9 Å². The van der Waals surface area contributed by atoms with E-state index in [1.165, 1.54) is 12.5 Å². The van der Waals surface area contributed by atoms with Crippen LogP contribution in [0.25, 0.3) is 0 Å². The molecule has 0 bridgehead atoms. The summed E-state index contributed by atoms with van der Waals surface area (Å²) in [7, 11) is 0. The number of nitrogens with one attached hydrogen (secondary N) is 1. The number of aromatic nitrogens is 2. The van der Waals surface area contributed by atoms with Crippen molar-refractivity contribution in [2.45, 2.75) is 0 Å². The molecule has 0 amide bonds. The second kappa shape index (κ2) is 1.66. The van der Waals surface area contributed by atoms with Crippen molar-refractivity contribution < 1.29 is 0 Å². The van der Waals surface area contributed by atoms with Crippen LogP contribution in [0.2, 0.25) is 0 Å². The lowest BCUT2D eigenvalue weighted by Gasteiger charge is -1.74. The summed E-state index contributed by atoms with van der Waals surface area (Å²) >= 11 is 0. The Kier molecular flexibility index (Phi) is 0.858. The number of fused-ring (bicyclic) bond motifs is 1. The molecule has 1 aliphatic heterocycles. The summed E-state index contributed by atoms with van der Waals surface area (Å²) < 4.78 is 0. The van der Waals surface area contributed by atoms with E-state index in [1.807, 2.05) is 0 Å². The van der Waals surface area contributed by atoms with Crippen molar-refractivity contribution in [3.8, 4) is 0 Å². The van der Waals surface area contributed by atoms with Crippen molar-refractivity contribution in [1.82, 2.24) is 9.97 Å². The smallest absolute Gasteiger partial charge is 0.244 e. The van der Waals surface area contributed by atoms with Gasteiger partial charge in [0.2, 0.25) is 5.96 Å². The molecular weight excluding hydrogens is 130 g/mol. The molecule has 0 spiro atoms. The molecule has 48 valence electrons. The van der Waals surface area contributed by atoms with Crippen LogP contribution in [0.1, 0.15) is 0 Å². The zero-order valence-electron chi connectivity index (χ0n) is 4.94. The summed E-state index contributed by atoms with van der Waals surface area (Å²) in [6.45, 7) is 0. The fourth-order valence-corrected chi connectivity index (χ4v) is 0.720. The zero-order valence-corrected chi connectivity index (χ0v) is 4.94. The Morgan fingerprint density at radius 2 is 2.20 bits per heavy atom. The molecule has 1 N–H and O–H groups in total. The molecular formula is C5H3N5. The highest BCUT2D eigenvalue weighted by Crippen LogP contribution is 1.76. The topological polar surface area (TPSA) is 74.3 Å². The average Bonchev–Trinajstić information content (AvgIpc) is 2.27. The third-order valence-corrected chi connectivity index (χ3v) is 1.11. The van der Waals surface area contributed by atoms with E-state index >= 15 is 0 Å². The van der Waals surface area contributed by atoms with Gasteiger partial charge in [-0.05, 0) is 0 Å². The molecule has 0 saturated heterocycles. The highest BCUT2D eigenvalue weighted by Gasteiger charge is 1.99. The summed E-state index contributed by atoms with van der Waals surface area (Å²) in [5.41, 5.74) is 0.486. The first-order valence-corrected chi connectivity index (χ1v) is 2.68. The summed E-state index contributed by atoms with van der Waals surface area (Å²) in [5.74, 6) is -0.00417. The van der Waals surface area contributed by atoms with Gasteiger partial charge in [0, 0.05) is 0 Å². The second-order valence-corrected chi connectivity index (χ2v) is 1.78. The molecule has 0 saturated carbocycles. The lowest BCUT2D eigenvalue weighted by molar-refractivity contribution is 1.05. The Morgan fingerprint density at radius 3 is 3.00 bits per heavy atom. The van der Waals surface area contributed by atoms with Gasteiger partial charge in [0.15, 0.2) is 5.49 Å². The fraction of sp³-hybridized carbons (Fsp3) is 0. The maximum absolute atomic E-state index is 7.03. The van der Waals surface area contributed by atoms with Crippen LogP contribution in [-0.2, 0) is 0 Å². The summed E-state index contributed by atoms with van der Waals surface area (Å²) in [6, 6.07) is 0. The lowest BCUT2D eigenvalue weighted by atomic mass is 10.6. The molecule has 5 nitrogen and oxygen atoms in total. The predicted molar refractivity (Wildman–Crippen MR) is 32.1 cm³/mol. The van der Waals surface area contributed by atoms with E-state index in [2.05, 4.69) is 20.0 Å². The predicted octanol–water partition coefficient (Wildman–Crippen LogP) is -1.34. The Balaban J connectivity index is 2.96. The average molecular weight is 133 g/mol. The first-order valence-electron chi connectivity index (χ1n) is 2.68. The Morgan fingerprint density at radius 1 is 1.30 bits per heavy atom. The molecule has 5 heteroatoms. The van der Waals surface area contributed by atoms with Gasteiger partial charge in [0.25, 0.3) is 0 Å². The molecule has 0 unspecified atom stereocenters. The van der Waals surface area contributed by atoms with Gasteiger partial charge in [0.1, 0.15) is 11.7 Å². The molecule has 1 aromatic heterocycles. The molecule has 0 aliphatic carbocycles. The van der Waals surface area contributed by atoms with E-state index < -0.39 is 0 Å². The number of nitrogens with zero attached hydrogens (tertiary/aromatic N) is 4. The normalized spacial score (nSPS) is 13.8. The minimum absolute atomic E-state index is 0.00417. The fourth-order valence-electron chi connectivity index (χ4n) is 0.720. The largest absolute Gasteiger partial charge is 0.265 e. The number of guanidine groups is 1. The van der Waals surface area contributed by atoms with Gasteiger partial charge in [-0.1, -0.05) is 0 Å². The molecule has 0 fully saturated rings. The minimum Gasteiger partial charge on any atom is -0.265 e. The van der Waals surface area contributed by atoms with E-state index in [0.29, 0.717) is 10.8 Å². The monoisotopic (exact) mass is 133 g/mol. The molecule has 0 aromatic carbocycles. The number of hydrogen-bond acceptors (Lipinski definition) is 3. The van der Waals surface area contributed by atoms with E-state index in [-0.39, 0.29) is 5.96 Å². The first-order chi connectivity index (χ1) is 4.86. The molecule has 1 aromatic rings. The van der Waals surface area contributed by atoms with E-state index in [9.17, 15) is 0 Å². The molecule has 1 aliphatic rings. The summed E-state index contributed by atoms with van der Waals surface area (Å²) in [5, 5.41) is 7.61. The van der Waals surface area contributed by atoms with Crippen molar-refractivity contribution >= 4 is 5.96 Å². The third-order valence-electron chi connectivity index (χ3n) is 1.11. The van der Waals surface area contributed by atoms with E-state index in [4.69, 9.17) is 5.41 Å². The second-order valence-electron chi connectivity index (χ2n) is 1.78. The van der Waals surface area contributed by atoms with Crippen LogP contribution in [0.5, 0.6) is 0 Å². The highest BCUT2D eigenvalue weighted by atomic mass is 15.1. The summed E-state index contributed by atoms with van der Waals surface area (Å²) in [4.78, 5) is 15.0. The van der Waals surface area contributed by atoms with Crippen molar-refractivity contribution in [3.05, 3.63) is 23.4 Å². The van der Waals surface area contributed by atoms with Gasteiger partial charge < -0.3 is 0 Å². The van der Waals surface area contributed by atoms with Gasteiger partial charge in [0.05, 0.1) is 6.20 Å². The first kappa shape index (κ1) is 5.16. The van der Waals surface area contributed by atoms with Crippen molar-refractivity contribution in [2.75, 3.05) is 0 Å². The highest BCUT2D eigenvalue weighted by molar-refractivity contribution is 5.79.